The van der Waals surface area contributed by atoms with Crippen LogP contribution in [0.25, 0.3) is 11.1 Å². The van der Waals surface area contributed by atoms with E-state index in [1.807, 2.05) is 153 Å². The van der Waals surface area contributed by atoms with Gasteiger partial charge in [0.05, 0.1) is 6.42 Å². The summed E-state index contributed by atoms with van der Waals surface area (Å²) in [4.78, 5) is 83.0. The first-order chi connectivity index (χ1) is 31.0. The standard InChI is InChI=1S/C51H53N5O8/c1-33(2)29-42(47(60)52-31-46(58)59)53-48(61)44-27-16-28-56(44)49(62)43(54-50(63)64-32-41-39-25-14-12-23-37(39)38-24-13-15-26-40(38)41)30-45(57)55-51(34-17-6-3-7-18-34,35-19-8-4-9-20-35)36-21-10-5-11-22-36/h3-15,17-26,33,41-44H,16,27-32H2,1-2H3,(H,52,60)(H,53,61)(H,54,63)(H,55,57)(H,58,59)/t42-,43-,44-/m0/s1. The van der Waals surface area contributed by atoms with E-state index in [9.17, 15) is 28.8 Å². The number of hydrogen-bond donors (Lipinski definition) is 5. The maximum absolute atomic E-state index is 14.8. The lowest BCUT2D eigenvalue weighted by Gasteiger charge is -2.37. The number of ether oxygens (including phenoxy) is 1. The lowest BCUT2D eigenvalue weighted by Crippen LogP contribution is -2.57. The van der Waals surface area contributed by atoms with Gasteiger partial charge in [-0.25, -0.2) is 4.79 Å². The maximum Gasteiger partial charge on any atom is 0.407 e. The molecule has 1 heterocycles. The van der Waals surface area contributed by atoms with Crippen LogP contribution in [0.3, 0.4) is 0 Å². The predicted octanol–water partition coefficient (Wildman–Crippen LogP) is 6.11. The molecule has 13 nitrogen and oxygen atoms in total. The number of carbonyl (C=O) groups excluding carboxylic acids is 5. The largest absolute Gasteiger partial charge is 0.480 e. The molecule has 5 aromatic carbocycles. The maximum atomic E-state index is 14.8. The number of hydrogen-bond acceptors (Lipinski definition) is 7. The highest BCUT2D eigenvalue weighted by atomic mass is 16.5. The van der Waals surface area contributed by atoms with Crippen molar-refractivity contribution < 1.29 is 38.6 Å². The van der Waals surface area contributed by atoms with E-state index in [0.717, 1.165) is 38.9 Å². The first kappa shape index (κ1) is 44.8. The molecule has 330 valence electrons. The molecule has 5 amide bonds. The van der Waals surface area contributed by atoms with Crippen molar-refractivity contribution in [3.05, 3.63) is 167 Å². The number of benzene rings is 5. The Hall–Kier alpha value is -7.28. The summed E-state index contributed by atoms with van der Waals surface area (Å²) < 4.78 is 5.89. The van der Waals surface area contributed by atoms with Gasteiger partial charge in [-0.2, -0.15) is 0 Å². The zero-order chi connectivity index (χ0) is 45.2. The first-order valence-electron chi connectivity index (χ1n) is 21.7. The molecule has 1 saturated heterocycles. The van der Waals surface area contributed by atoms with E-state index in [4.69, 9.17) is 9.84 Å². The van der Waals surface area contributed by atoms with Crippen LogP contribution in [0.5, 0.6) is 0 Å². The number of aliphatic carboxylic acids is 1. The van der Waals surface area contributed by atoms with Crippen molar-refractivity contribution in [3.63, 3.8) is 0 Å². The molecule has 0 radical (unpaired) electrons. The van der Waals surface area contributed by atoms with E-state index in [1.165, 1.54) is 4.90 Å². The highest BCUT2D eigenvalue weighted by Crippen LogP contribution is 2.44. The van der Waals surface area contributed by atoms with Crippen molar-refractivity contribution in [2.45, 2.75) is 69.1 Å². The second-order valence-corrected chi connectivity index (χ2v) is 16.6. The van der Waals surface area contributed by atoms with Gasteiger partial charge in [-0.05, 0) is 64.1 Å². The van der Waals surface area contributed by atoms with Crippen molar-refractivity contribution in [1.82, 2.24) is 26.2 Å². The van der Waals surface area contributed by atoms with Gasteiger partial charge in [-0.3, -0.25) is 24.0 Å². The molecular formula is C51H53N5O8. The fourth-order valence-electron chi connectivity index (χ4n) is 8.97. The minimum Gasteiger partial charge on any atom is -0.480 e. The predicted molar refractivity (Wildman–Crippen MR) is 241 cm³/mol. The molecular weight excluding hydrogens is 811 g/mol. The van der Waals surface area contributed by atoms with E-state index in [1.54, 1.807) is 0 Å². The van der Waals surface area contributed by atoms with Crippen molar-refractivity contribution in [2.24, 2.45) is 5.92 Å². The number of nitrogens with zero attached hydrogens (tertiary/aromatic N) is 1. The number of carboxylic acids is 1. The normalized spacial score (nSPS) is 15.3. The average molecular weight is 864 g/mol. The van der Waals surface area contributed by atoms with Crippen LogP contribution in [0.4, 0.5) is 4.79 Å². The fraction of sp³-hybridized carbons (Fsp3) is 0.294. The lowest BCUT2D eigenvalue weighted by molar-refractivity contribution is -0.142. The second kappa shape index (κ2) is 20.3. The van der Waals surface area contributed by atoms with Gasteiger partial charge in [0.1, 0.15) is 36.8 Å². The van der Waals surface area contributed by atoms with Gasteiger partial charge in [0.25, 0.3) is 0 Å². The molecule has 0 unspecified atom stereocenters. The Kier molecular flexibility index (Phi) is 14.2. The van der Waals surface area contributed by atoms with Crippen LogP contribution < -0.4 is 21.3 Å². The number of likely N-dealkylation sites (tertiary alicyclic amines) is 1. The number of amides is 5. The van der Waals surface area contributed by atoms with Crippen molar-refractivity contribution in [3.8, 4) is 11.1 Å². The molecule has 1 fully saturated rings. The fourth-order valence-corrected chi connectivity index (χ4v) is 8.97. The molecule has 1 aliphatic heterocycles. The molecule has 0 bridgehead atoms. The topological polar surface area (TPSA) is 183 Å². The zero-order valence-electron chi connectivity index (χ0n) is 35.9. The summed E-state index contributed by atoms with van der Waals surface area (Å²) in [6, 6.07) is 40.7. The molecule has 13 heteroatoms. The van der Waals surface area contributed by atoms with E-state index >= 15 is 0 Å². The monoisotopic (exact) mass is 863 g/mol. The number of nitrogens with one attached hydrogen (secondary N) is 4. The Morgan fingerprint density at radius 1 is 0.703 bits per heavy atom. The molecule has 5 aromatic rings. The summed E-state index contributed by atoms with van der Waals surface area (Å²) in [5.74, 6) is -4.06. The Morgan fingerprint density at radius 3 is 1.73 bits per heavy atom. The smallest absolute Gasteiger partial charge is 0.407 e. The van der Waals surface area contributed by atoms with E-state index in [0.29, 0.717) is 6.42 Å². The van der Waals surface area contributed by atoms with Gasteiger partial charge in [-0.1, -0.05) is 153 Å². The van der Waals surface area contributed by atoms with Crippen molar-refractivity contribution in [2.75, 3.05) is 19.7 Å². The van der Waals surface area contributed by atoms with Gasteiger partial charge in [0.2, 0.25) is 23.6 Å². The lowest BCUT2D eigenvalue weighted by atomic mass is 9.77. The van der Waals surface area contributed by atoms with Gasteiger partial charge in [0, 0.05) is 12.5 Å². The van der Waals surface area contributed by atoms with Crippen LogP contribution in [0.1, 0.15) is 73.3 Å². The summed E-state index contributed by atoms with van der Waals surface area (Å²) in [5, 5.41) is 20.2. The molecule has 64 heavy (non-hydrogen) atoms. The molecule has 0 saturated carbocycles. The number of carbonyl (C=O) groups is 6. The van der Waals surface area contributed by atoms with Crippen LogP contribution in [0.2, 0.25) is 0 Å². The summed E-state index contributed by atoms with van der Waals surface area (Å²) in [6.45, 7) is 3.21. The van der Waals surface area contributed by atoms with Gasteiger partial charge in [-0.15, -0.1) is 0 Å². The van der Waals surface area contributed by atoms with Crippen molar-refractivity contribution >= 4 is 35.7 Å². The van der Waals surface area contributed by atoms with Crippen LogP contribution in [-0.2, 0) is 34.2 Å². The molecule has 0 spiro atoms. The molecule has 3 atom stereocenters. The number of fused-ring (bicyclic) bond motifs is 3. The first-order valence-corrected chi connectivity index (χ1v) is 21.7. The van der Waals surface area contributed by atoms with Crippen LogP contribution in [0.15, 0.2) is 140 Å². The van der Waals surface area contributed by atoms with Crippen LogP contribution in [0, 0.1) is 5.92 Å². The summed E-state index contributed by atoms with van der Waals surface area (Å²) >= 11 is 0. The van der Waals surface area contributed by atoms with E-state index < -0.39 is 72.3 Å². The summed E-state index contributed by atoms with van der Waals surface area (Å²) in [6.07, 6.45) is -0.523. The highest BCUT2D eigenvalue weighted by Gasteiger charge is 2.42. The summed E-state index contributed by atoms with van der Waals surface area (Å²) in [7, 11) is 0. The number of alkyl carbamates (subject to hydrolysis) is 1. The molecule has 0 aromatic heterocycles. The van der Waals surface area contributed by atoms with Gasteiger partial charge < -0.3 is 36.0 Å². The Bertz CT molecular complexity index is 2320. The third kappa shape index (κ3) is 9.99. The third-order valence-corrected chi connectivity index (χ3v) is 11.9. The van der Waals surface area contributed by atoms with E-state index in [-0.39, 0.29) is 37.8 Å². The van der Waals surface area contributed by atoms with Crippen LogP contribution in [-0.4, -0.2) is 83.5 Å². The quantitative estimate of drug-likeness (QED) is 0.0694. The molecule has 5 N–H and O–H groups in total. The highest BCUT2D eigenvalue weighted by molar-refractivity contribution is 5.96. The molecule has 1 aliphatic carbocycles. The minimum absolute atomic E-state index is 0.0397. The zero-order valence-corrected chi connectivity index (χ0v) is 35.9. The second-order valence-electron chi connectivity index (χ2n) is 16.6. The minimum atomic E-state index is -1.48. The molecule has 2 aliphatic rings. The Balaban J connectivity index is 1.17. The van der Waals surface area contributed by atoms with Gasteiger partial charge in [0.15, 0.2) is 0 Å². The van der Waals surface area contributed by atoms with Crippen LogP contribution >= 0.6 is 0 Å². The molecule has 7 rings (SSSR count). The average Bonchev–Trinajstić information content (AvgIpc) is 3.93. The third-order valence-electron chi connectivity index (χ3n) is 11.9. The SMILES string of the molecule is CC(C)C[C@H](NC(=O)[C@@H]1CCCN1C(=O)[C@H](CC(=O)NC(c1ccccc1)(c1ccccc1)c1ccccc1)NC(=O)OCC1c2ccccc2-c2ccccc21)C(=O)NCC(=O)O. The summed E-state index contributed by atoms with van der Waals surface area (Å²) in [5.41, 5.74) is 5.14. The van der Waals surface area contributed by atoms with Crippen molar-refractivity contribution in [1.29, 1.82) is 0 Å². The Labute approximate surface area is 372 Å². The van der Waals surface area contributed by atoms with Gasteiger partial charge >= 0.3 is 12.1 Å². The Morgan fingerprint density at radius 2 is 1.22 bits per heavy atom. The number of carboxylic acid groups (broad SMARTS) is 1. The van der Waals surface area contributed by atoms with E-state index in [2.05, 4.69) is 21.3 Å². The number of rotatable bonds is 17.